The fourth-order valence-electron chi connectivity index (χ4n) is 3.13. The lowest BCUT2D eigenvalue weighted by Crippen LogP contribution is -2.00. The van der Waals surface area contributed by atoms with E-state index in [0.717, 1.165) is 22.2 Å². The molecule has 160 valence electrons. The van der Waals surface area contributed by atoms with Crippen molar-refractivity contribution in [2.75, 3.05) is 14.2 Å². The molecule has 4 aromatic rings. The maximum absolute atomic E-state index is 5.46. The van der Waals surface area contributed by atoms with Gasteiger partial charge < -0.3 is 14.0 Å². The second-order valence-electron chi connectivity index (χ2n) is 7.00. The van der Waals surface area contributed by atoms with Crippen LogP contribution in [0.25, 0.3) is 17.1 Å². The van der Waals surface area contributed by atoms with Gasteiger partial charge in [0.1, 0.15) is 17.3 Å². The predicted molar refractivity (Wildman–Crippen MR) is 118 cm³/mol. The zero-order valence-electron chi connectivity index (χ0n) is 18.0. The molecule has 0 saturated heterocycles. The highest BCUT2D eigenvalue weighted by molar-refractivity contribution is 7.98. The molecule has 4 rings (SSSR count). The van der Waals surface area contributed by atoms with Crippen molar-refractivity contribution in [2.45, 2.75) is 31.7 Å². The molecule has 0 aliphatic rings. The van der Waals surface area contributed by atoms with Crippen molar-refractivity contribution in [3.8, 4) is 28.6 Å². The number of hydrogen-bond acceptors (Lipinski definition) is 8. The van der Waals surface area contributed by atoms with E-state index in [0.29, 0.717) is 29.0 Å². The molecule has 0 saturated carbocycles. The van der Waals surface area contributed by atoms with E-state index in [1.54, 1.807) is 20.3 Å². The molecule has 0 amide bonds. The summed E-state index contributed by atoms with van der Waals surface area (Å²) in [6.07, 6.45) is 0. The molecule has 2 heterocycles. The molecular weight excluding hydrogens is 414 g/mol. The summed E-state index contributed by atoms with van der Waals surface area (Å²) in [7, 11) is 3.20. The molecule has 0 fully saturated rings. The highest BCUT2D eigenvalue weighted by atomic mass is 32.2. The highest BCUT2D eigenvalue weighted by Crippen LogP contribution is 2.32. The van der Waals surface area contributed by atoms with Gasteiger partial charge in [0.25, 0.3) is 0 Å². The topological polar surface area (TPSA) is 88.1 Å². The van der Waals surface area contributed by atoms with E-state index in [-0.39, 0.29) is 0 Å². The Morgan fingerprint density at radius 1 is 0.968 bits per heavy atom. The van der Waals surface area contributed by atoms with Gasteiger partial charge in [0.05, 0.1) is 25.5 Å². The molecule has 0 N–H and O–H groups in total. The highest BCUT2D eigenvalue weighted by Gasteiger charge is 2.17. The van der Waals surface area contributed by atoms with Gasteiger partial charge in [-0.1, -0.05) is 23.0 Å². The first-order chi connectivity index (χ1) is 15.0. The first-order valence-electron chi connectivity index (χ1n) is 9.67. The van der Waals surface area contributed by atoms with Gasteiger partial charge in [-0.15, -0.1) is 10.2 Å². The number of ether oxygens (including phenoxy) is 2. The average molecular weight is 438 g/mol. The zero-order valence-corrected chi connectivity index (χ0v) is 18.9. The van der Waals surface area contributed by atoms with Crippen LogP contribution in [0, 0.1) is 20.8 Å². The minimum absolute atomic E-state index is 0.460. The van der Waals surface area contributed by atoms with E-state index in [1.165, 1.54) is 22.9 Å². The molecular formula is C22H23N5O3S. The van der Waals surface area contributed by atoms with Crippen LogP contribution < -0.4 is 9.47 Å². The van der Waals surface area contributed by atoms with Crippen molar-refractivity contribution >= 4 is 11.8 Å². The van der Waals surface area contributed by atoms with Crippen molar-refractivity contribution in [1.29, 1.82) is 0 Å². The lowest BCUT2D eigenvalue weighted by Gasteiger charge is -2.10. The van der Waals surface area contributed by atoms with E-state index in [4.69, 9.17) is 14.0 Å². The number of aromatic nitrogens is 5. The van der Waals surface area contributed by atoms with Gasteiger partial charge in [-0.3, -0.25) is 4.57 Å². The summed E-state index contributed by atoms with van der Waals surface area (Å²) in [5.41, 5.74) is 4.23. The minimum atomic E-state index is 0.460. The second-order valence-corrected chi connectivity index (χ2v) is 7.94. The molecule has 0 spiro atoms. The van der Waals surface area contributed by atoms with Crippen LogP contribution >= 0.6 is 11.8 Å². The molecule has 0 unspecified atom stereocenters. The van der Waals surface area contributed by atoms with Gasteiger partial charge >= 0.3 is 0 Å². The summed E-state index contributed by atoms with van der Waals surface area (Å²) in [5, 5.41) is 13.4. The maximum atomic E-state index is 5.46. The van der Waals surface area contributed by atoms with Crippen LogP contribution in [0.2, 0.25) is 0 Å². The lowest BCUT2D eigenvalue weighted by molar-refractivity contribution is 0.388. The maximum Gasteiger partial charge on any atom is 0.237 e. The molecule has 8 nitrogen and oxygen atoms in total. The van der Waals surface area contributed by atoms with Crippen LogP contribution in [0.1, 0.15) is 22.8 Å². The van der Waals surface area contributed by atoms with Gasteiger partial charge in [0, 0.05) is 11.8 Å². The van der Waals surface area contributed by atoms with Gasteiger partial charge in [0.15, 0.2) is 5.16 Å². The van der Waals surface area contributed by atoms with Crippen LogP contribution in [0.4, 0.5) is 0 Å². The molecule has 0 aliphatic heterocycles. The summed E-state index contributed by atoms with van der Waals surface area (Å²) in [6, 6.07) is 11.8. The Morgan fingerprint density at radius 2 is 1.81 bits per heavy atom. The monoisotopic (exact) mass is 437 g/mol. The number of benzene rings is 2. The largest absolute Gasteiger partial charge is 0.497 e. The fourth-order valence-corrected chi connectivity index (χ4v) is 3.97. The van der Waals surface area contributed by atoms with E-state index in [1.807, 2.05) is 23.6 Å². The number of aryl methyl sites for hydroxylation is 3. The third-order valence-electron chi connectivity index (χ3n) is 4.99. The van der Waals surface area contributed by atoms with E-state index in [2.05, 4.69) is 52.4 Å². The van der Waals surface area contributed by atoms with Crippen molar-refractivity contribution < 1.29 is 14.0 Å². The molecule has 0 aliphatic carbocycles. The molecule has 2 aromatic carbocycles. The smallest absolute Gasteiger partial charge is 0.237 e. The van der Waals surface area contributed by atoms with E-state index in [9.17, 15) is 0 Å². The number of methoxy groups -OCH3 is 2. The normalized spacial score (nSPS) is 11.0. The summed E-state index contributed by atoms with van der Waals surface area (Å²) in [4.78, 5) is 4.52. The van der Waals surface area contributed by atoms with E-state index >= 15 is 0 Å². The lowest BCUT2D eigenvalue weighted by atomic mass is 10.1. The Kier molecular flexibility index (Phi) is 5.94. The number of thioether (sulfide) groups is 1. The Morgan fingerprint density at radius 3 is 2.55 bits per heavy atom. The first kappa shape index (κ1) is 20.9. The van der Waals surface area contributed by atoms with Crippen LogP contribution in [0.3, 0.4) is 0 Å². The van der Waals surface area contributed by atoms with Crippen molar-refractivity contribution in [3.63, 3.8) is 0 Å². The van der Waals surface area contributed by atoms with Crippen LogP contribution in [0.15, 0.2) is 46.1 Å². The van der Waals surface area contributed by atoms with E-state index < -0.39 is 0 Å². The van der Waals surface area contributed by atoms with Crippen molar-refractivity contribution in [2.24, 2.45) is 0 Å². The quantitative estimate of drug-likeness (QED) is 0.389. The average Bonchev–Trinajstić information content (AvgIpc) is 3.40. The van der Waals surface area contributed by atoms with Crippen LogP contribution in [0.5, 0.6) is 11.5 Å². The predicted octanol–water partition coefficient (Wildman–Crippen LogP) is 4.55. The summed E-state index contributed by atoms with van der Waals surface area (Å²) in [6.45, 7) is 6.13. The van der Waals surface area contributed by atoms with Gasteiger partial charge in [0.2, 0.25) is 11.7 Å². The van der Waals surface area contributed by atoms with Crippen molar-refractivity contribution in [1.82, 2.24) is 24.9 Å². The number of rotatable bonds is 7. The molecule has 0 bridgehead atoms. The van der Waals surface area contributed by atoms with Crippen LogP contribution in [-0.2, 0) is 5.75 Å². The number of nitrogens with zero attached hydrogens (tertiary/aromatic N) is 5. The summed E-state index contributed by atoms with van der Waals surface area (Å²) >= 11 is 1.49. The molecule has 0 radical (unpaired) electrons. The van der Waals surface area contributed by atoms with Crippen LogP contribution in [-0.4, -0.2) is 39.1 Å². The molecule has 31 heavy (non-hydrogen) atoms. The molecule has 9 heteroatoms. The standard InChI is InChI=1S/C22H23N5O3S/c1-13-6-7-16(10-14(13)2)27-15(3)24-25-22(27)31-12-20-23-21(26-30-20)18-9-8-17(28-4)11-19(18)29-5/h6-11H,12H2,1-5H3. The zero-order chi connectivity index (χ0) is 22.0. The number of hydrogen-bond donors (Lipinski definition) is 0. The Bertz CT molecular complexity index is 1220. The van der Waals surface area contributed by atoms with Crippen molar-refractivity contribution in [3.05, 3.63) is 59.2 Å². The minimum Gasteiger partial charge on any atom is -0.497 e. The Hall–Kier alpha value is -3.33. The fraction of sp³-hybridized carbons (Fsp3) is 0.273. The first-order valence-corrected chi connectivity index (χ1v) is 10.7. The van der Waals surface area contributed by atoms with Gasteiger partial charge in [-0.05, 0) is 56.2 Å². The second kappa shape index (κ2) is 8.81. The summed E-state index contributed by atoms with van der Waals surface area (Å²) < 4.78 is 18.2. The summed E-state index contributed by atoms with van der Waals surface area (Å²) in [5.74, 6) is 3.55. The third kappa shape index (κ3) is 4.27. The Balaban J connectivity index is 1.54. The SMILES string of the molecule is COc1ccc(-c2noc(CSc3nnc(C)n3-c3ccc(C)c(C)c3)n2)c(OC)c1. The third-order valence-corrected chi connectivity index (χ3v) is 5.90. The molecule has 0 atom stereocenters. The molecule has 2 aromatic heterocycles. The Labute approximate surface area is 184 Å². The van der Waals surface area contributed by atoms with Gasteiger partial charge in [-0.25, -0.2) is 0 Å². The van der Waals surface area contributed by atoms with Gasteiger partial charge in [-0.2, -0.15) is 4.98 Å².